The molecule has 4 aromatic rings. The minimum Gasteiger partial charge on any atom is -0.353 e. The van der Waals surface area contributed by atoms with Crippen LogP contribution in [0.1, 0.15) is 0 Å². The van der Waals surface area contributed by atoms with Crippen molar-refractivity contribution in [3.63, 3.8) is 0 Å². The molecule has 0 aliphatic rings. The molecular formula is C19H15FN6O3. The molecule has 2 aromatic carbocycles. The van der Waals surface area contributed by atoms with Gasteiger partial charge in [0.15, 0.2) is 0 Å². The number of benzene rings is 2. The van der Waals surface area contributed by atoms with Crippen molar-refractivity contribution in [2.24, 2.45) is 0 Å². The average Bonchev–Trinajstić information content (AvgIpc) is 2.72. The Morgan fingerprint density at radius 1 is 1.03 bits per heavy atom. The Morgan fingerprint density at radius 2 is 1.86 bits per heavy atom. The second-order valence-electron chi connectivity index (χ2n) is 6.32. The molecule has 0 bridgehead atoms. The topological polar surface area (TPSA) is 112 Å². The van der Waals surface area contributed by atoms with E-state index in [1.54, 1.807) is 24.3 Å². The van der Waals surface area contributed by atoms with E-state index in [2.05, 4.69) is 20.6 Å². The Morgan fingerprint density at radius 3 is 2.72 bits per heavy atom. The molecule has 0 saturated heterocycles. The first-order chi connectivity index (χ1) is 14.0. The summed E-state index contributed by atoms with van der Waals surface area (Å²) in [6, 6.07) is 10.5. The van der Waals surface area contributed by atoms with Gasteiger partial charge in [0.05, 0.1) is 29.2 Å². The maximum atomic E-state index is 13.4. The Labute approximate surface area is 162 Å². The van der Waals surface area contributed by atoms with Gasteiger partial charge < -0.3 is 5.32 Å². The molecule has 0 aliphatic heterocycles. The lowest BCUT2D eigenvalue weighted by Crippen LogP contribution is -2.36. The van der Waals surface area contributed by atoms with Gasteiger partial charge in [0.1, 0.15) is 17.9 Å². The summed E-state index contributed by atoms with van der Waals surface area (Å²) in [4.78, 5) is 41.1. The molecule has 2 aromatic heterocycles. The minimum atomic E-state index is -0.545. The van der Waals surface area contributed by atoms with Crippen molar-refractivity contribution in [1.82, 2.24) is 29.9 Å². The van der Waals surface area contributed by atoms with E-state index >= 15 is 0 Å². The lowest BCUT2D eigenvalue weighted by Gasteiger charge is -2.09. The van der Waals surface area contributed by atoms with Crippen LogP contribution in [-0.4, -0.2) is 37.0 Å². The summed E-state index contributed by atoms with van der Waals surface area (Å²) >= 11 is 0. The van der Waals surface area contributed by atoms with Gasteiger partial charge in [-0.25, -0.2) is 14.1 Å². The molecule has 9 nitrogen and oxygen atoms in total. The average molecular weight is 394 g/mol. The van der Waals surface area contributed by atoms with Gasteiger partial charge in [0.25, 0.3) is 11.1 Å². The van der Waals surface area contributed by atoms with Gasteiger partial charge in [-0.3, -0.25) is 19.0 Å². The van der Waals surface area contributed by atoms with Crippen LogP contribution in [-0.2, 0) is 17.9 Å². The molecule has 29 heavy (non-hydrogen) atoms. The van der Waals surface area contributed by atoms with Crippen LogP contribution in [0.3, 0.4) is 0 Å². The molecule has 0 atom stereocenters. The number of carbonyl (C=O) groups excluding carboxylic acids is 1. The number of carbonyl (C=O) groups is 1. The molecule has 1 N–H and O–H groups in total. The molecule has 0 fully saturated rings. The molecule has 0 saturated carbocycles. The number of hydrogen-bond donors (Lipinski definition) is 1. The van der Waals surface area contributed by atoms with Crippen molar-refractivity contribution in [1.29, 1.82) is 0 Å². The number of para-hydroxylation sites is 1. The smallest absolute Gasteiger partial charge is 0.277 e. The third-order valence-corrected chi connectivity index (χ3v) is 4.38. The zero-order valence-electron chi connectivity index (χ0n) is 15.1. The second kappa shape index (κ2) is 7.58. The number of nitrogens with one attached hydrogen (secondary N) is 1. The fourth-order valence-electron chi connectivity index (χ4n) is 2.93. The van der Waals surface area contributed by atoms with E-state index in [4.69, 9.17) is 0 Å². The first-order valence-corrected chi connectivity index (χ1v) is 8.77. The maximum absolute atomic E-state index is 13.4. The van der Waals surface area contributed by atoms with Gasteiger partial charge in [-0.05, 0) is 30.3 Å². The molecule has 2 heterocycles. The van der Waals surface area contributed by atoms with Crippen molar-refractivity contribution in [2.75, 3.05) is 6.54 Å². The predicted molar refractivity (Wildman–Crippen MR) is 103 cm³/mol. The number of amides is 1. The number of rotatable bonds is 5. The van der Waals surface area contributed by atoms with Crippen LogP contribution in [0.15, 0.2) is 58.4 Å². The lowest BCUT2D eigenvalue weighted by atomic mass is 10.2. The summed E-state index contributed by atoms with van der Waals surface area (Å²) in [6.45, 7) is -0.0704. The number of nitrogens with zero attached hydrogens (tertiary/aromatic N) is 5. The van der Waals surface area contributed by atoms with Crippen molar-refractivity contribution in [3.8, 4) is 0 Å². The van der Waals surface area contributed by atoms with E-state index in [-0.39, 0.29) is 30.6 Å². The summed E-state index contributed by atoms with van der Waals surface area (Å²) in [7, 11) is 0. The van der Waals surface area contributed by atoms with Gasteiger partial charge in [0.2, 0.25) is 5.91 Å². The third-order valence-electron chi connectivity index (χ3n) is 4.38. The molecule has 10 heteroatoms. The number of halogens is 1. The maximum Gasteiger partial charge on any atom is 0.277 e. The van der Waals surface area contributed by atoms with E-state index in [0.29, 0.717) is 16.4 Å². The van der Waals surface area contributed by atoms with Crippen LogP contribution < -0.4 is 16.4 Å². The number of aromatic nitrogens is 5. The molecular weight excluding hydrogens is 379 g/mol. The summed E-state index contributed by atoms with van der Waals surface area (Å²) in [6.07, 6.45) is 1.32. The van der Waals surface area contributed by atoms with Crippen LogP contribution in [0.4, 0.5) is 4.39 Å². The quantitative estimate of drug-likeness (QED) is 0.526. The van der Waals surface area contributed by atoms with Gasteiger partial charge >= 0.3 is 0 Å². The molecule has 146 valence electrons. The van der Waals surface area contributed by atoms with Crippen LogP contribution in [0, 0.1) is 5.82 Å². The SMILES string of the molecule is O=C(Cn1cnc2ccccc2c1=O)NCCn1nnc2ccc(F)cc2c1=O. The minimum absolute atomic E-state index is 0.0505. The van der Waals surface area contributed by atoms with Crippen molar-refractivity contribution in [3.05, 3.63) is 75.3 Å². The summed E-state index contributed by atoms with van der Waals surface area (Å²) in [5, 5.41) is 10.8. The predicted octanol–water partition coefficient (Wildman–Crippen LogP) is 0.457. The highest BCUT2D eigenvalue weighted by Gasteiger charge is 2.09. The monoisotopic (exact) mass is 394 g/mol. The number of hydrogen-bond acceptors (Lipinski definition) is 6. The van der Waals surface area contributed by atoms with Crippen LogP contribution >= 0.6 is 0 Å². The normalized spacial score (nSPS) is 11.1. The fraction of sp³-hybridized carbons (Fsp3) is 0.158. The Balaban J connectivity index is 1.43. The number of fused-ring (bicyclic) bond motifs is 2. The zero-order valence-corrected chi connectivity index (χ0v) is 15.1. The molecule has 4 rings (SSSR count). The first kappa shape index (κ1) is 18.4. The van der Waals surface area contributed by atoms with Gasteiger partial charge in [-0.1, -0.05) is 17.3 Å². The second-order valence-corrected chi connectivity index (χ2v) is 6.32. The Kier molecular flexibility index (Phi) is 4.82. The van der Waals surface area contributed by atoms with Crippen molar-refractivity contribution < 1.29 is 9.18 Å². The summed E-state index contributed by atoms with van der Waals surface area (Å²) < 4.78 is 15.6. The van der Waals surface area contributed by atoms with Crippen LogP contribution in [0.5, 0.6) is 0 Å². The Hall–Kier alpha value is -3.95. The highest BCUT2D eigenvalue weighted by molar-refractivity contribution is 5.79. The fourth-order valence-corrected chi connectivity index (χ4v) is 2.93. The highest BCUT2D eigenvalue weighted by atomic mass is 19.1. The van der Waals surface area contributed by atoms with E-state index in [0.717, 1.165) is 10.7 Å². The molecule has 0 unspecified atom stereocenters. The van der Waals surface area contributed by atoms with Gasteiger partial charge in [0, 0.05) is 6.54 Å². The lowest BCUT2D eigenvalue weighted by molar-refractivity contribution is -0.121. The van der Waals surface area contributed by atoms with Crippen LogP contribution in [0.2, 0.25) is 0 Å². The highest BCUT2D eigenvalue weighted by Crippen LogP contribution is 2.07. The van der Waals surface area contributed by atoms with E-state index in [1.807, 2.05) is 0 Å². The Bertz CT molecular complexity index is 1350. The van der Waals surface area contributed by atoms with Gasteiger partial charge in [-0.15, -0.1) is 5.10 Å². The van der Waals surface area contributed by atoms with Crippen molar-refractivity contribution >= 4 is 27.7 Å². The molecule has 0 aliphatic carbocycles. The first-order valence-electron chi connectivity index (χ1n) is 8.77. The standard InChI is InChI=1S/C19H15FN6O3/c20-12-5-6-16-14(9-12)19(29)26(24-23-16)8-7-21-17(27)10-25-11-22-15-4-2-1-3-13(15)18(25)28/h1-6,9,11H,7-8,10H2,(H,21,27). The molecule has 0 spiro atoms. The van der Waals surface area contributed by atoms with Gasteiger partial charge in [-0.2, -0.15) is 0 Å². The summed E-state index contributed by atoms with van der Waals surface area (Å²) in [5.41, 5.74) is 0.0304. The largest absolute Gasteiger partial charge is 0.353 e. The van der Waals surface area contributed by atoms with E-state index in [9.17, 15) is 18.8 Å². The summed E-state index contributed by atoms with van der Waals surface area (Å²) in [5.74, 6) is -0.964. The van der Waals surface area contributed by atoms with E-state index < -0.39 is 17.3 Å². The molecule has 1 amide bonds. The zero-order chi connectivity index (χ0) is 20.4. The van der Waals surface area contributed by atoms with Crippen LogP contribution in [0.25, 0.3) is 21.8 Å². The molecule has 0 radical (unpaired) electrons. The third kappa shape index (κ3) is 3.72. The van der Waals surface area contributed by atoms with E-state index in [1.165, 1.54) is 23.0 Å². The van der Waals surface area contributed by atoms with Crippen molar-refractivity contribution in [2.45, 2.75) is 13.1 Å².